The number of methoxy groups -OCH3 is 1. The lowest BCUT2D eigenvalue weighted by Crippen LogP contribution is -2.40. The molecule has 0 aliphatic rings. The number of hydrogen-bond donors (Lipinski definition) is 1. The van der Waals surface area contributed by atoms with E-state index < -0.39 is 5.97 Å². The molecule has 1 aromatic rings. The predicted octanol–water partition coefficient (Wildman–Crippen LogP) is 0.900. The normalized spacial score (nSPS) is 10.2. The molecule has 0 saturated carbocycles. The molecule has 1 rings (SSSR count). The van der Waals surface area contributed by atoms with Gasteiger partial charge in [0.2, 0.25) is 11.8 Å². The van der Waals surface area contributed by atoms with Crippen LogP contribution in [0.4, 0.5) is 5.13 Å². The first-order valence-corrected chi connectivity index (χ1v) is 8.06. The molecule has 1 aromatic heterocycles. The highest BCUT2D eigenvalue weighted by Gasteiger charge is 2.18. The number of anilines is 1. The summed E-state index contributed by atoms with van der Waals surface area (Å²) in [5.41, 5.74) is 0. The van der Waals surface area contributed by atoms with Crippen LogP contribution in [0.3, 0.4) is 0 Å². The van der Waals surface area contributed by atoms with E-state index in [9.17, 15) is 14.4 Å². The Morgan fingerprint density at radius 1 is 1.35 bits per heavy atom. The lowest BCUT2D eigenvalue weighted by molar-refractivity contribution is -0.146. The van der Waals surface area contributed by atoms with E-state index in [-0.39, 0.29) is 44.4 Å². The molecular formula is C14H21N3O5S. The van der Waals surface area contributed by atoms with Gasteiger partial charge in [-0.2, -0.15) is 0 Å². The minimum absolute atomic E-state index is 0.00687. The van der Waals surface area contributed by atoms with Gasteiger partial charge >= 0.3 is 5.97 Å². The molecule has 0 unspecified atom stereocenters. The van der Waals surface area contributed by atoms with Crippen molar-refractivity contribution < 1.29 is 23.9 Å². The second kappa shape index (κ2) is 10.7. The maximum Gasteiger partial charge on any atom is 0.306 e. The second-order valence-electron chi connectivity index (χ2n) is 4.50. The van der Waals surface area contributed by atoms with E-state index in [0.29, 0.717) is 11.7 Å². The Bertz CT molecular complexity index is 507. The van der Waals surface area contributed by atoms with Crippen LogP contribution in [0.25, 0.3) is 0 Å². The lowest BCUT2D eigenvalue weighted by Gasteiger charge is -2.21. The van der Waals surface area contributed by atoms with Gasteiger partial charge in [-0.3, -0.25) is 14.4 Å². The van der Waals surface area contributed by atoms with Gasteiger partial charge in [0.05, 0.1) is 19.6 Å². The topological polar surface area (TPSA) is 97.8 Å². The van der Waals surface area contributed by atoms with Crippen LogP contribution in [-0.4, -0.2) is 61.1 Å². The Balaban J connectivity index is 2.51. The van der Waals surface area contributed by atoms with E-state index in [4.69, 9.17) is 9.47 Å². The van der Waals surface area contributed by atoms with Crippen molar-refractivity contribution >= 4 is 34.3 Å². The van der Waals surface area contributed by atoms with Gasteiger partial charge in [-0.05, 0) is 6.92 Å². The fraction of sp³-hybridized carbons (Fsp3) is 0.571. The van der Waals surface area contributed by atoms with Gasteiger partial charge in [0.15, 0.2) is 5.13 Å². The third kappa shape index (κ3) is 7.71. The van der Waals surface area contributed by atoms with Crippen LogP contribution in [0, 0.1) is 0 Å². The molecule has 9 heteroatoms. The van der Waals surface area contributed by atoms with Crippen molar-refractivity contribution in [3.63, 3.8) is 0 Å². The number of hydrogen-bond acceptors (Lipinski definition) is 7. The van der Waals surface area contributed by atoms with Gasteiger partial charge in [-0.1, -0.05) is 0 Å². The molecule has 0 fully saturated rings. The molecule has 2 amide bonds. The monoisotopic (exact) mass is 343 g/mol. The fourth-order valence-corrected chi connectivity index (χ4v) is 2.26. The van der Waals surface area contributed by atoms with E-state index in [2.05, 4.69) is 10.3 Å². The van der Waals surface area contributed by atoms with Crippen molar-refractivity contribution in [1.29, 1.82) is 0 Å². The number of amides is 2. The molecule has 0 aromatic carbocycles. The zero-order valence-electron chi connectivity index (χ0n) is 13.2. The summed E-state index contributed by atoms with van der Waals surface area (Å²) in [7, 11) is 1.51. The van der Waals surface area contributed by atoms with E-state index in [1.807, 2.05) is 0 Å². The number of thiazole rings is 1. The summed E-state index contributed by atoms with van der Waals surface area (Å²) in [6.45, 7) is 2.42. The van der Waals surface area contributed by atoms with Crippen LogP contribution in [0.1, 0.15) is 19.8 Å². The largest absolute Gasteiger partial charge is 0.466 e. The first-order chi connectivity index (χ1) is 11.1. The molecule has 0 aliphatic heterocycles. The Labute approximate surface area is 138 Å². The van der Waals surface area contributed by atoms with Crippen LogP contribution in [-0.2, 0) is 23.9 Å². The summed E-state index contributed by atoms with van der Waals surface area (Å²) >= 11 is 1.29. The van der Waals surface area contributed by atoms with Crippen LogP contribution in [0.2, 0.25) is 0 Å². The van der Waals surface area contributed by atoms with Crippen LogP contribution in [0.5, 0.6) is 0 Å². The lowest BCUT2D eigenvalue weighted by atomic mass is 10.2. The maximum absolute atomic E-state index is 12.2. The molecule has 0 aliphatic carbocycles. The Morgan fingerprint density at radius 3 is 2.74 bits per heavy atom. The summed E-state index contributed by atoms with van der Waals surface area (Å²) in [5, 5.41) is 4.82. The number of carbonyl (C=O) groups is 3. The first-order valence-electron chi connectivity index (χ1n) is 7.18. The van der Waals surface area contributed by atoms with Crippen molar-refractivity contribution in [2.45, 2.75) is 19.8 Å². The van der Waals surface area contributed by atoms with Gasteiger partial charge in [0, 0.05) is 31.7 Å². The van der Waals surface area contributed by atoms with Gasteiger partial charge < -0.3 is 19.7 Å². The highest BCUT2D eigenvalue weighted by molar-refractivity contribution is 7.13. The van der Waals surface area contributed by atoms with Crippen molar-refractivity contribution in [3.05, 3.63) is 11.6 Å². The minimum Gasteiger partial charge on any atom is -0.466 e. The Morgan fingerprint density at radius 2 is 2.13 bits per heavy atom. The average molecular weight is 343 g/mol. The molecule has 8 nitrogen and oxygen atoms in total. The molecule has 0 saturated heterocycles. The van der Waals surface area contributed by atoms with Crippen LogP contribution < -0.4 is 5.32 Å². The highest BCUT2D eigenvalue weighted by atomic mass is 32.1. The first kappa shape index (κ1) is 19.0. The zero-order valence-corrected chi connectivity index (χ0v) is 14.1. The molecule has 1 heterocycles. The fourth-order valence-electron chi connectivity index (χ4n) is 1.71. The standard InChI is InChI=1S/C14H21N3O5S/c1-3-22-13(20)5-4-12(19)17(7-8-21-2)10-11(18)16-14-15-6-9-23-14/h6,9H,3-5,7-8,10H2,1-2H3,(H,15,16,18). The van der Waals surface area contributed by atoms with Crippen molar-refractivity contribution in [2.75, 3.05) is 38.7 Å². The number of carbonyl (C=O) groups excluding carboxylic acids is 3. The van der Waals surface area contributed by atoms with Gasteiger partial charge in [-0.25, -0.2) is 4.98 Å². The molecule has 0 spiro atoms. The number of nitrogens with zero attached hydrogens (tertiary/aromatic N) is 2. The third-order valence-electron chi connectivity index (χ3n) is 2.78. The average Bonchev–Trinajstić information content (AvgIpc) is 3.02. The smallest absolute Gasteiger partial charge is 0.306 e. The SMILES string of the molecule is CCOC(=O)CCC(=O)N(CCOC)CC(=O)Nc1nccs1. The summed E-state index contributed by atoms with van der Waals surface area (Å²) in [5.74, 6) is -1.08. The summed E-state index contributed by atoms with van der Waals surface area (Å²) in [4.78, 5) is 40.7. The zero-order chi connectivity index (χ0) is 17.1. The van der Waals surface area contributed by atoms with E-state index in [0.717, 1.165) is 0 Å². The molecule has 0 atom stereocenters. The molecule has 0 bridgehead atoms. The predicted molar refractivity (Wildman–Crippen MR) is 85.1 cm³/mol. The Kier molecular flexibility index (Phi) is 8.85. The molecule has 128 valence electrons. The quantitative estimate of drug-likeness (QED) is 0.634. The molecular weight excluding hydrogens is 322 g/mol. The van der Waals surface area contributed by atoms with Crippen molar-refractivity contribution in [2.24, 2.45) is 0 Å². The second-order valence-corrected chi connectivity index (χ2v) is 5.39. The molecule has 23 heavy (non-hydrogen) atoms. The Hall–Kier alpha value is -2.00. The summed E-state index contributed by atoms with van der Waals surface area (Å²) in [6.07, 6.45) is 1.56. The van der Waals surface area contributed by atoms with Gasteiger partial charge in [0.1, 0.15) is 6.54 Å². The van der Waals surface area contributed by atoms with Crippen LogP contribution in [0.15, 0.2) is 11.6 Å². The minimum atomic E-state index is -0.431. The third-order valence-corrected chi connectivity index (χ3v) is 3.47. The van der Waals surface area contributed by atoms with E-state index >= 15 is 0 Å². The maximum atomic E-state index is 12.2. The van der Waals surface area contributed by atoms with Crippen LogP contribution >= 0.6 is 11.3 Å². The number of nitrogens with one attached hydrogen (secondary N) is 1. The summed E-state index contributed by atoms with van der Waals surface area (Å²) < 4.78 is 9.73. The number of esters is 1. The molecule has 1 N–H and O–H groups in total. The number of ether oxygens (including phenoxy) is 2. The summed E-state index contributed by atoms with van der Waals surface area (Å²) in [6, 6.07) is 0. The van der Waals surface area contributed by atoms with Gasteiger partial charge in [0.25, 0.3) is 0 Å². The molecule has 0 radical (unpaired) electrons. The number of aromatic nitrogens is 1. The van der Waals surface area contributed by atoms with E-state index in [1.165, 1.54) is 23.3 Å². The van der Waals surface area contributed by atoms with Crippen molar-refractivity contribution in [1.82, 2.24) is 9.88 Å². The number of rotatable bonds is 10. The highest BCUT2D eigenvalue weighted by Crippen LogP contribution is 2.10. The van der Waals surface area contributed by atoms with E-state index in [1.54, 1.807) is 18.5 Å². The van der Waals surface area contributed by atoms with Gasteiger partial charge in [-0.15, -0.1) is 11.3 Å². The van der Waals surface area contributed by atoms with Crippen molar-refractivity contribution in [3.8, 4) is 0 Å².